The molecule has 1 atom stereocenters. The minimum absolute atomic E-state index is 0.0502. The van der Waals surface area contributed by atoms with Crippen molar-refractivity contribution in [3.63, 3.8) is 0 Å². The summed E-state index contributed by atoms with van der Waals surface area (Å²) in [4.78, 5) is 34.7. The largest absolute Gasteiger partial charge is 0.330 e. The first-order valence-electron chi connectivity index (χ1n) is 12.7. The second-order valence-corrected chi connectivity index (χ2v) is 12.0. The molecule has 1 saturated heterocycles. The second kappa shape index (κ2) is 7.67. The topological polar surface area (TPSA) is 66.7 Å². The summed E-state index contributed by atoms with van der Waals surface area (Å²) >= 11 is 1.61. The number of nitrogens with one attached hydrogen (secondary N) is 1. The molecular weight excluding hydrogens is 444 g/mol. The van der Waals surface area contributed by atoms with Gasteiger partial charge in [-0.2, -0.15) is 0 Å². The van der Waals surface area contributed by atoms with Crippen LogP contribution in [0.5, 0.6) is 0 Å². The van der Waals surface area contributed by atoms with Gasteiger partial charge in [-0.3, -0.25) is 14.0 Å². The number of nitrogens with zero attached hydrogens (tertiary/aromatic N) is 3. The van der Waals surface area contributed by atoms with Gasteiger partial charge < -0.3 is 10.2 Å². The quantitative estimate of drug-likeness (QED) is 0.565. The number of benzene rings is 1. The SMILES string of the molecule is O=C(Nc1ccc(-c2cn3ccsc3n2)cc1)C1CCCN1C(=O)C12CC3CC(CC(C3)C1)C2. The molecule has 7 heteroatoms. The smallest absolute Gasteiger partial charge is 0.247 e. The molecular formula is C27H30N4O2S. The number of amides is 2. The van der Waals surface area contributed by atoms with Crippen molar-refractivity contribution in [3.8, 4) is 11.3 Å². The summed E-state index contributed by atoms with van der Waals surface area (Å²) in [6.45, 7) is 0.717. The van der Waals surface area contributed by atoms with Gasteiger partial charge in [0.05, 0.1) is 11.1 Å². The molecule has 6 nitrogen and oxygen atoms in total. The highest BCUT2D eigenvalue weighted by molar-refractivity contribution is 7.15. The highest BCUT2D eigenvalue weighted by Crippen LogP contribution is 2.60. The van der Waals surface area contributed by atoms with Gasteiger partial charge in [-0.1, -0.05) is 12.1 Å². The van der Waals surface area contributed by atoms with E-state index in [9.17, 15) is 9.59 Å². The molecule has 2 aromatic heterocycles. The highest BCUT2D eigenvalue weighted by Gasteiger charge is 2.56. The number of hydrogen-bond donors (Lipinski definition) is 1. The van der Waals surface area contributed by atoms with Crippen molar-refractivity contribution in [1.29, 1.82) is 0 Å². The first kappa shape index (κ1) is 20.7. The van der Waals surface area contributed by atoms with E-state index in [1.165, 1.54) is 19.3 Å². The Kier molecular flexibility index (Phi) is 4.66. The van der Waals surface area contributed by atoms with Gasteiger partial charge in [0.15, 0.2) is 4.96 Å². The van der Waals surface area contributed by atoms with E-state index in [2.05, 4.69) is 10.3 Å². The summed E-state index contributed by atoms with van der Waals surface area (Å²) < 4.78 is 2.02. The average molecular weight is 475 g/mol. The molecule has 1 aromatic carbocycles. The first-order valence-corrected chi connectivity index (χ1v) is 13.6. The Bertz CT molecular complexity index is 1200. The fourth-order valence-corrected chi connectivity index (χ4v) is 8.48. The van der Waals surface area contributed by atoms with Gasteiger partial charge in [0, 0.05) is 35.6 Å². The third-order valence-corrected chi connectivity index (χ3v) is 9.62. The normalized spacial score (nSPS) is 31.9. The predicted octanol–water partition coefficient (Wildman–Crippen LogP) is 5.21. The summed E-state index contributed by atoms with van der Waals surface area (Å²) in [7, 11) is 0. The zero-order chi connectivity index (χ0) is 22.9. The Labute approximate surface area is 203 Å². The number of thiazole rings is 1. The van der Waals surface area contributed by atoms with E-state index in [1.54, 1.807) is 11.3 Å². The highest BCUT2D eigenvalue weighted by atomic mass is 32.1. The number of fused-ring (bicyclic) bond motifs is 1. The summed E-state index contributed by atoms with van der Waals surface area (Å²) in [6.07, 6.45) is 12.8. The zero-order valence-corrected chi connectivity index (χ0v) is 20.1. The number of rotatable bonds is 4. The van der Waals surface area contributed by atoms with Gasteiger partial charge in [-0.15, -0.1) is 11.3 Å². The summed E-state index contributed by atoms with van der Waals surface area (Å²) in [5, 5.41) is 5.11. The minimum atomic E-state index is -0.347. The maximum atomic E-state index is 13.9. The van der Waals surface area contributed by atoms with Crippen LogP contribution in [0.15, 0.2) is 42.0 Å². The Morgan fingerprint density at radius 1 is 1.03 bits per heavy atom. The van der Waals surface area contributed by atoms with E-state index in [0.717, 1.165) is 78.3 Å². The molecule has 5 fully saturated rings. The van der Waals surface area contributed by atoms with Crippen LogP contribution in [0.1, 0.15) is 51.4 Å². The first-order chi connectivity index (χ1) is 16.6. The lowest BCUT2D eigenvalue weighted by Gasteiger charge is -2.56. The molecule has 5 aliphatic rings. The van der Waals surface area contributed by atoms with Crippen LogP contribution >= 0.6 is 11.3 Å². The molecule has 4 saturated carbocycles. The lowest BCUT2D eigenvalue weighted by atomic mass is 9.49. The maximum Gasteiger partial charge on any atom is 0.247 e. The molecule has 176 valence electrons. The third-order valence-electron chi connectivity index (χ3n) is 8.85. The molecule has 4 aliphatic carbocycles. The Morgan fingerprint density at radius 3 is 2.41 bits per heavy atom. The molecule has 1 aliphatic heterocycles. The molecule has 34 heavy (non-hydrogen) atoms. The van der Waals surface area contributed by atoms with E-state index in [4.69, 9.17) is 0 Å². The number of anilines is 1. The van der Waals surface area contributed by atoms with E-state index in [1.807, 2.05) is 51.3 Å². The Balaban J connectivity index is 1.06. The van der Waals surface area contributed by atoms with Gasteiger partial charge >= 0.3 is 0 Å². The molecule has 1 N–H and O–H groups in total. The van der Waals surface area contributed by atoms with Crippen LogP contribution in [0.3, 0.4) is 0 Å². The molecule has 1 unspecified atom stereocenters. The number of aromatic nitrogens is 2. The lowest BCUT2D eigenvalue weighted by Crippen LogP contribution is -2.56. The van der Waals surface area contributed by atoms with Crippen molar-refractivity contribution in [2.45, 2.75) is 57.4 Å². The van der Waals surface area contributed by atoms with Crippen molar-refractivity contribution in [1.82, 2.24) is 14.3 Å². The predicted molar refractivity (Wildman–Crippen MR) is 132 cm³/mol. The molecule has 3 aromatic rings. The molecule has 4 bridgehead atoms. The molecule has 0 radical (unpaired) electrons. The van der Waals surface area contributed by atoms with Crippen molar-refractivity contribution >= 4 is 33.8 Å². The molecule has 3 heterocycles. The van der Waals surface area contributed by atoms with Crippen LogP contribution in [0.25, 0.3) is 16.2 Å². The van der Waals surface area contributed by atoms with Crippen LogP contribution in [0.2, 0.25) is 0 Å². The van der Waals surface area contributed by atoms with Crippen molar-refractivity contribution in [3.05, 3.63) is 42.0 Å². The number of hydrogen-bond acceptors (Lipinski definition) is 4. The molecule has 2 amide bonds. The van der Waals surface area contributed by atoms with Crippen molar-refractivity contribution in [2.75, 3.05) is 11.9 Å². The van der Waals surface area contributed by atoms with Gasteiger partial charge in [-0.25, -0.2) is 4.98 Å². The van der Waals surface area contributed by atoms with Gasteiger partial charge in [0.1, 0.15) is 6.04 Å². The molecule has 8 rings (SSSR count). The van der Waals surface area contributed by atoms with Gasteiger partial charge in [0.25, 0.3) is 0 Å². The fraction of sp³-hybridized carbons (Fsp3) is 0.519. The van der Waals surface area contributed by atoms with E-state index >= 15 is 0 Å². The number of carbonyl (C=O) groups excluding carboxylic acids is 2. The number of likely N-dealkylation sites (tertiary alicyclic amines) is 1. The van der Waals surface area contributed by atoms with E-state index in [0.29, 0.717) is 0 Å². The summed E-state index contributed by atoms with van der Waals surface area (Å²) in [5.41, 5.74) is 2.53. The van der Waals surface area contributed by atoms with E-state index < -0.39 is 0 Å². The van der Waals surface area contributed by atoms with Crippen LogP contribution < -0.4 is 5.32 Å². The third kappa shape index (κ3) is 3.31. The summed E-state index contributed by atoms with van der Waals surface area (Å²) in [5.74, 6) is 2.42. The van der Waals surface area contributed by atoms with Crippen LogP contribution in [0, 0.1) is 23.2 Å². The lowest BCUT2D eigenvalue weighted by molar-refractivity contribution is -0.160. The van der Waals surface area contributed by atoms with Crippen molar-refractivity contribution < 1.29 is 9.59 Å². The van der Waals surface area contributed by atoms with Crippen LogP contribution in [0.4, 0.5) is 5.69 Å². The number of imidazole rings is 1. The maximum absolute atomic E-state index is 13.9. The van der Waals surface area contributed by atoms with Gasteiger partial charge in [0.2, 0.25) is 11.8 Å². The van der Waals surface area contributed by atoms with Crippen LogP contribution in [-0.2, 0) is 9.59 Å². The summed E-state index contributed by atoms with van der Waals surface area (Å²) in [6, 6.07) is 7.51. The average Bonchev–Trinajstić information content (AvgIpc) is 3.55. The van der Waals surface area contributed by atoms with Crippen molar-refractivity contribution in [2.24, 2.45) is 23.2 Å². The number of carbonyl (C=O) groups is 2. The van der Waals surface area contributed by atoms with E-state index in [-0.39, 0.29) is 23.3 Å². The van der Waals surface area contributed by atoms with Gasteiger partial charge in [-0.05, 0) is 81.3 Å². The molecule has 0 spiro atoms. The second-order valence-electron chi connectivity index (χ2n) is 11.1. The monoisotopic (exact) mass is 474 g/mol. The standard InChI is InChI=1S/C27H30N4O2S/c32-24(28-21-5-3-20(4-6-21)22-16-30-8-9-34-26(30)29-22)23-2-1-7-31(23)25(33)27-13-17-10-18(14-27)12-19(11-17)15-27/h3-6,8-9,16-19,23H,1-2,7,10-15H2,(H,28,32). The fourth-order valence-electron chi connectivity index (χ4n) is 7.78. The Morgan fingerprint density at radius 2 is 1.74 bits per heavy atom. The van der Waals surface area contributed by atoms with Crippen LogP contribution in [-0.4, -0.2) is 38.7 Å². The zero-order valence-electron chi connectivity index (χ0n) is 19.3. The Hall–Kier alpha value is -2.67. The minimum Gasteiger partial charge on any atom is -0.330 e.